The molecule has 7 heteroatoms. The molecule has 0 aromatic heterocycles. The van der Waals surface area contributed by atoms with E-state index in [-0.39, 0.29) is 11.3 Å². The summed E-state index contributed by atoms with van der Waals surface area (Å²) in [6.45, 7) is 8.79. The molecule has 34 heavy (non-hydrogen) atoms. The lowest BCUT2D eigenvalue weighted by Gasteiger charge is -2.18. The smallest absolute Gasteiger partial charge is 0.343 e. The Bertz CT molecular complexity index is 1180. The van der Waals surface area contributed by atoms with Crippen LogP contribution < -0.4 is 14.9 Å². The number of rotatable bonds is 7. The first-order chi connectivity index (χ1) is 16.2. The minimum atomic E-state index is -0.511. The zero-order chi connectivity index (χ0) is 24.7. The Morgan fingerprint density at radius 1 is 0.971 bits per heavy atom. The van der Waals surface area contributed by atoms with Gasteiger partial charge in [0.05, 0.1) is 18.4 Å². The molecule has 0 atom stereocenters. The van der Waals surface area contributed by atoms with Gasteiger partial charge in [0, 0.05) is 15.6 Å². The highest BCUT2D eigenvalue weighted by Gasteiger charge is 2.15. The average molecular weight is 523 g/mol. The fraction of sp³-hybridized carbons (Fsp3) is 0.222. The molecule has 3 aromatic rings. The largest absolute Gasteiger partial charge is 0.494 e. The number of hydrogen-bond acceptors (Lipinski definition) is 5. The molecule has 0 bridgehead atoms. The molecule has 3 aromatic carbocycles. The van der Waals surface area contributed by atoms with Crippen molar-refractivity contribution in [2.24, 2.45) is 5.10 Å². The van der Waals surface area contributed by atoms with Gasteiger partial charge >= 0.3 is 5.97 Å². The second-order valence-corrected chi connectivity index (χ2v) is 9.47. The van der Waals surface area contributed by atoms with Crippen LogP contribution in [0.15, 0.2) is 76.3 Å². The fourth-order valence-electron chi connectivity index (χ4n) is 3.07. The summed E-state index contributed by atoms with van der Waals surface area (Å²) in [6, 6.07) is 19.3. The third-order valence-corrected chi connectivity index (χ3v) is 5.45. The van der Waals surface area contributed by atoms with Crippen molar-refractivity contribution in [2.45, 2.75) is 33.1 Å². The predicted octanol–water partition coefficient (Wildman–Crippen LogP) is 6.13. The van der Waals surface area contributed by atoms with Crippen LogP contribution in [0.5, 0.6) is 11.5 Å². The van der Waals surface area contributed by atoms with Gasteiger partial charge in [-0.15, -0.1) is 0 Å². The molecule has 0 fully saturated rings. The van der Waals surface area contributed by atoms with E-state index >= 15 is 0 Å². The molecule has 0 aliphatic carbocycles. The molecule has 3 rings (SSSR count). The first kappa shape index (κ1) is 25.2. The molecule has 176 valence electrons. The summed E-state index contributed by atoms with van der Waals surface area (Å²) in [4.78, 5) is 25.1. The molecule has 1 N–H and O–H groups in total. The van der Waals surface area contributed by atoms with Crippen LogP contribution in [0.4, 0.5) is 0 Å². The molecule has 1 amide bonds. The fourth-order valence-corrected chi connectivity index (χ4v) is 3.45. The molecule has 0 aliphatic rings. The lowest BCUT2D eigenvalue weighted by Crippen LogP contribution is -2.18. The minimum Gasteiger partial charge on any atom is -0.494 e. The van der Waals surface area contributed by atoms with E-state index in [1.54, 1.807) is 54.6 Å². The number of amides is 1. The van der Waals surface area contributed by atoms with Crippen molar-refractivity contribution < 1.29 is 19.1 Å². The van der Waals surface area contributed by atoms with Gasteiger partial charge in [-0.2, -0.15) is 5.10 Å². The van der Waals surface area contributed by atoms with E-state index < -0.39 is 5.97 Å². The highest BCUT2D eigenvalue weighted by atomic mass is 79.9. The van der Waals surface area contributed by atoms with Gasteiger partial charge < -0.3 is 9.47 Å². The van der Waals surface area contributed by atoms with Gasteiger partial charge in [-0.3, -0.25) is 4.79 Å². The van der Waals surface area contributed by atoms with Crippen molar-refractivity contribution in [1.29, 1.82) is 0 Å². The van der Waals surface area contributed by atoms with E-state index in [0.717, 1.165) is 10.0 Å². The normalized spacial score (nSPS) is 11.3. The first-order valence-electron chi connectivity index (χ1n) is 10.9. The summed E-state index contributed by atoms with van der Waals surface area (Å²) in [5, 5.41) is 4.05. The standard InChI is InChI=1S/C27H27BrN2O4/c1-5-33-23-13-8-19(9-14-23)26(32)34-24-15-12-22(28)16-20(24)17-29-30-25(31)18-6-10-21(11-7-18)27(2,3)4/h6-17H,5H2,1-4H3,(H,30,31)/b29-17-. The number of nitrogens with one attached hydrogen (secondary N) is 1. The Balaban J connectivity index is 1.69. The predicted molar refractivity (Wildman–Crippen MR) is 137 cm³/mol. The zero-order valence-corrected chi connectivity index (χ0v) is 21.2. The van der Waals surface area contributed by atoms with Gasteiger partial charge in [0.2, 0.25) is 0 Å². The number of halogens is 1. The summed E-state index contributed by atoms with van der Waals surface area (Å²) in [5.74, 6) is 0.150. The lowest BCUT2D eigenvalue weighted by atomic mass is 9.87. The Kier molecular flexibility index (Phi) is 8.23. The first-order valence-corrected chi connectivity index (χ1v) is 11.6. The number of esters is 1. The molecule has 6 nitrogen and oxygen atoms in total. The second-order valence-electron chi connectivity index (χ2n) is 8.56. The summed E-state index contributed by atoms with van der Waals surface area (Å²) in [5.41, 5.74) is 5.08. The third kappa shape index (κ3) is 6.78. The molecule has 0 aliphatic heterocycles. The van der Waals surface area contributed by atoms with Crippen molar-refractivity contribution in [2.75, 3.05) is 6.61 Å². The number of hydrogen-bond donors (Lipinski definition) is 1. The van der Waals surface area contributed by atoms with Crippen LogP contribution in [-0.2, 0) is 5.41 Å². The van der Waals surface area contributed by atoms with Gasteiger partial charge in [0.25, 0.3) is 5.91 Å². The van der Waals surface area contributed by atoms with Crippen molar-refractivity contribution >= 4 is 34.0 Å². The Morgan fingerprint density at radius 2 is 1.62 bits per heavy atom. The van der Waals surface area contributed by atoms with Crippen molar-refractivity contribution in [1.82, 2.24) is 5.43 Å². The van der Waals surface area contributed by atoms with E-state index in [9.17, 15) is 9.59 Å². The highest BCUT2D eigenvalue weighted by Crippen LogP contribution is 2.24. The van der Waals surface area contributed by atoms with E-state index in [2.05, 4.69) is 47.2 Å². The van der Waals surface area contributed by atoms with Gasteiger partial charge in [-0.05, 0) is 72.5 Å². The van der Waals surface area contributed by atoms with Gasteiger partial charge in [0.1, 0.15) is 11.5 Å². The van der Waals surface area contributed by atoms with Crippen LogP contribution in [0.3, 0.4) is 0 Å². The SMILES string of the molecule is CCOc1ccc(C(=O)Oc2ccc(Br)cc2/C=N\NC(=O)c2ccc(C(C)(C)C)cc2)cc1. The van der Waals surface area contributed by atoms with Crippen LogP contribution in [0.25, 0.3) is 0 Å². The van der Waals surface area contributed by atoms with Crippen LogP contribution in [0.1, 0.15) is 59.5 Å². The van der Waals surface area contributed by atoms with E-state index in [1.807, 2.05) is 19.1 Å². The van der Waals surface area contributed by atoms with Crippen molar-refractivity contribution in [3.63, 3.8) is 0 Å². The Hall–Kier alpha value is -3.45. The van der Waals surface area contributed by atoms with Crippen LogP contribution in [0, 0.1) is 0 Å². The maximum atomic E-state index is 12.6. The topological polar surface area (TPSA) is 77.0 Å². The van der Waals surface area contributed by atoms with Crippen molar-refractivity contribution in [3.8, 4) is 11.5 Å². The average Bonchev–Trinajstić information content (AvgIpc) is 2.81. The molecule has 0 unspecified atom stereocenters. The second kappa shape index (κ2) is 11.1. The summed E-state index contributed by atoms with van der Waals surface area (Å²) >= 11 is 3.41. The summed E-state index contributed by atoms with van der Waals surface area (Å²) in [7, 11) is 0. The maximum Gasteiger partial charge on any atom is 0.343 e. The molecular weight excluding hydrogens is 496 g/mol. The number of nitrogens with zero attached hydrogens (tertiary/aromatic N) is 1. The molecule has 0 saturated carbocycles. The molecular formula is C27H27BrN2O4. The van der Waals surface area contributed by atoms with Crippen molar-refractivity contribution in [3.05, 3.63) is 93.5 Å². The quantitative estimate of drug-likeness (QED) is 0.175. The number of ether oxygens (including phenoxy) is 2. The Morgan fingerprint density at radius 3 is 2.24 bits per heavy atom. The van der Waals surface area contributed by atoms with Crippen LogP contribution >= 0.6 is 15.9 Å². The zero-order valence-electron chi connectivity index (χ0n) is 19.6. The lowest BCUT2D eigenvalue weighted by molar-refractivity contribution is 0.0734. The number of benzene rings is 3. The molecule has 0 heterocycles. The maximum absolute atomic E-state index is 12.6. The van der Waals surface area contributed by atoms with E-state index in [0.29, 0.717) is 34.8 Å². The van der Waals surface area contributed by atoms with Crippen LogP contribution in [0.2, 0.25) is 0 Å². The Labute approximate surface area is 208 Å². The number of carbonyl (C=O) groups excluding carboxylic acids is 2. The third-order valence-electron chi connectivity index (χ3n) is 4.96. The van der Waals surface area contributed by atoms with E-state index in [1.165, 1.54) is 6.21 Å². The summed E-state index contributed by atoms with van der Waals surface area (Å²) in [6.07, 6.45) is 1.44. The number of carbonyl (C=O) groups is 2. The van der Waals surface area contributed by atoms with Crippen LogP contribution in [-0.4, -0.2) is 24.7 Å². The molecule has 0 saturated heterocycles. The van der Waals surface area contributed by atoms with Gasteiger partial charge in [-0.1, -0.05) is 48.8 Å². The monoisotopic (exact) mass is 522 g/mol. The highest BCUT2D eigenvalue weighted by molar-refractivity contribution is 9.10. The van der Waals surface area contributed by atoms with Gasteiger partial charge in [-0.25, -0.2) is 10.2 Å². The summed E-state index contributed by atoms with van der Waals surface area (Å²) < 4.78 is 11.7. The van der Waals surface area contributed by atoms with E-state index in [4.69, 9.17) is 9.47 Å². The minimum absolute atomic E-state index is 0.00696. The molecule has 0 spiro atoms. The number of hydrazone groups is 1. The molecule has 0 radical (unpaired) electrons. The van der Waals surface area contributed by atoms with Gasteiger partial charge in [0.15, 0.2) is 0 Å².